The maximum atomic E-state index is 6.12. The molecule has 2 aliphatic rings. The zero-order valence-electron chi connectivity index (χ0n) is 9.12. The van der Waals surface area contributed by atoms with E-state index < -0.39 is 0 Å². The molecule has 2 nitrogen and oxygen atoms in total. The number of rotatable bonds is 2. The molecule has 0 bridgehead atoms. The van der Waals surface area contributed by atoms with Gasteiger partial charge in [0, 0.05) is 11.5 Å². The molecule has 1 aliphatic heterocycles. The summed E-state index contributed by atoms with van der Waals surface area (Å²) in [6.45, 7) is 3.68. The van der Waals surface area contributed by atoms with Crippen LogP contribution in [-0.2, 0) is 23.4 Å². The van der Waals surface area contributed by atoms with Gasteiger partial charge in [0.05, 0.1) is 13.2 Å². The molecule has 2 N–H and O–H groups in total. The molecule has 0 saturated heterocycles. The highest BCUT2D eigenvalue weighted by Gasteiger charge is 2.48. The highest BCUT2D eigenvalue weighted by atomic mass is 16.5. The van der Waals surface area contributed by atoms with E-state index >= 15 is 0 Å². The van der Waals surface area contributed by atoms with Crippen LogP contribution in [0.25, 0.3) is 0 Å². The number of benzene rings is 1. The summed E-state index contributed by atoms with van der Waals surface area (Å²) in [5.74, 6) is 0. The molecule has 1 fully saturated rings. The fraction of sp³-hybridized carbons (Fsp3) is 0.538. The second kappa shape index (κ2) is 3.06. The van der Waals surface area contributed by atoms with E-state index in [0.717, 1.165) is 13.2 Å². The molecule has 1 aliphatic carbocycles. The molecule has 1 saturated carbocycles. The van der Waals surface area contributed by atoms with Gasteiger partial charge in [-0.05, 0) is 36.5 Å². The standard InChI is InChI=1S/C13H17NO/c1-9(14)13(5-6-13)12-4-2-3-10-7-15-8-11(10)12/h2-4,9H,5-8,14H2,1H3. The molecule has 0 aromatic heterocycles. The van der Waals surface area contributed by atoms with Crippen molar-refractivity contribution in [3.05, 3.63) is 34.9 Å². The Balaban J connectivity index is 2.10. The van der Waals surface area contributed by atoms with Crippen LogP contribution in [0.1, 0.15) is 36.5 Å². The molecule has 1 atom stereocenters. The van der Waals surface area contributed by atoms with Crippen molar-refractivity contribution < 1.29 is 4.74 Å². The van der Waals surface area contributed by atoms with Gasteiger partial charge in [-0.3, -0.25) is 0 Å². The van der Waals surface area contributed by atoms with Gasteiger partial charge in [-0.25, -0.2) is 0 Å². The predicted octanol–water partition coefficient (Wildman–Crippen LogP) is 2.10. The molecular formula is C13H17NO. The first kappa shape index (κ1) is 9.37. The van der Waals surface area contributed by atoms with Gasteiger partial charge in [-0.15, -0.1) is 0 Å². The first-order chi connectivity index (χ1) is 7.24. The van der Waals surface area contributed by atoms with E-state index in [0.29, 0.717) is 0 Å². The third kappa shape index (κ3) is 1.25. The van der Waals surface area contributed by atoms with E-state index in [1.165, 1.54) is 29.5 Å². The summed E-state index contributed by atoms with van der Waals surface area (Å²) in [7, 11) is 0. The molecule has 0 amide bonds. The lowest BCUT2D eigenvalue weighted by Gasteiger charge is -2.22. The number of hydrogen-bond donors (Lipinski definition) is 1. The maximum absolute atomic E-state index is 6.12. The molecule has 80 valence electrons. The van der Waals surface area contributed by atoms with Crippen molar-refractivity contribution in [2.75, 3.05) is 0 Å². The lowest BCUT2D eigenvalue weighted by molar-refractivity contribution is 0.134. The average Bonchev–Trinajstić information content (AvgIpc) is 2.89. The first-order valence-corrected chi connectivity index (χ1v) is 5.68. The summed E-state index contributed by atoms with van der Waals surface area (Å²) in [6, 6.07) is 6.81. The summed E-state index contributed by atoms with van der Waals surface area (Å²) in [4.78, 5) is 0. The largest absolute Gasteiger partial charge is 0.372 e. The monoisotopic (exact) mass is 203 g/mol. The number of hydrogen-bond acceptors (Lipinski definition) is 2. The van der Waals surface area contributed by atoms with Gasteiger partial charge in [-0.2, -0.15) is 0 Å². The van der Waals surface area contributed by atoms with Gasteiger partial charge in [0.1, 0.15) is 0 Å². The Labute approximate surface area is 90.4 Å². The molecule has 1 unspecified atom stereocenters. The van der Waals surface area contributed by atoms with Crippen molar-refractivity contribution in [2.45, 2.75) is 44.4 Å². The minimum atomic E-state index is 0.254. The molecule has 1 heterocycles. The van der Waals surface area contributed by atoms with Crippen LogP contribution in [0, 0.1) is 0 Å². The summed E-state index contributed by atoms with van der Waals surface area (Å²) in [5, 5.41) is 0. The van der Waals surface area contributed by atoms with Gasteiger partial charge < -0.3 is 10.5 Å². The third-order valence-electron chi connectivity index (χ3n) is 3.97. The average molecular weight is 203 g/mol. The first-order valence-electron chi connectivity index (χ1n) is 5.68. The van der Waals surface area contributed by atoms with Crippen LogP contribution in [0.3, 0.4) is 0 Å². The van der Waals surface area contributed by atoms with Crippen molar-refractivity contribution in [2.24, 2.45) is 5.73 Å². The van der Waals surface area contributed by atoms with Crippen LogP contribution in [0.15, 0.2) is 18.2 Å². The van der Waals surface area contributed by atoms with E-state index in [1.54, 1.807) is 0 Å². The molecule has 0 spiro atoms. The quantitative estimate of drug-likeness (QED) is 0.798. The van der Waals surface area contributed by atoms with E-state index in [-0.39, 0.29) is 11.5 Å². The lowest BCUT2D eigenvalue weighted by Crippen LogP contribution is -2.32. The van der Waals surface area contributed by atoms with Crippen LogP contribution in [-0.4, -0.2) is 6.04 Å². The molecule has 1 aromatic rings. The Hall–Kier alpha value is -0.860. The molecular weight excluding hydrogens is 186 g/mol. The zero-order valence-corrected chi connectivity index (χ0v) is 9.12. The van der Waals surface area contributed by atoms with Gasteiger partial charge in [-0.1, -0.05) is 18.2 Å². The molecule has 3 rings (SSSR count). The van der Waals surface area contributed by atoms with Crippen molar-refractivity contribution in [1.82, 2.24) is 0 Å². The topological polar surface area (TPSA) is 35.2 Å². The van der Waals surface area contributed by atoms with Gasteiger partial charge >= 0.3 is 0 Å². The highest BCUT2D eigenvalue weighted by molar-refractivity contribution is 5.45. The molecule has 1 aromatic carbocycles. The number of fused-ring (bicyclic) bond motifs is 1. The van der Waals surface area contributed by atoms with Crippen LogP contribution < -0.4 is 5.73 Å². The second-order valence-electron chi connectivity index (χ2n) is 4.88. The van der Waals surface area contributed by atoms with Crippen LogP contribution in [0.2, 0.25) is 0 Å². The van der Waals surface area contributed by atoms with E-state index in [1.807, 2.05) is 0 Å². The van der Waals surface area contributed by atoms with Crippen LogP contribution >= 0.6 is 0 Å². The van der Waals surface area contributed by atoms with Gasteiger partial charge in [0.25, 0.3) is 0 Å². The van der Waals surface area contributed by atoms with Gasteiger partial charge in [0.15, 0.2) is 0 Å². The summed E-state index contributed by atoms with van der Waals surface area (Å²) >= 11 is 0. The zero-order chi connectivity index (χ0) is 10.5. The second-order valence-corrected chi connectivity index (χ2v) is 4.88. The third-order valence-corrected chi connectivity index (χ3v) is 3.97. The van der Waals surface area contributed by atoms with Crippen LogP contribution in [0.5, 0.6) is 0 Å². The maximum Gasteiger partial charge on any atom is 0.0727 e. The number of ether oxygens (including phenoxy) is 1. The smallest absolute Gasteiger partial charge is 0.0727 e. The van der Waals surface area contributed by atoms with Gasteiger partial charge in [0.2, 0.25) is 0 Å². The Morgan fingerprint density at radius 1 is 1.33 bits per heavy atom. The summed E-state index contributed by atoms with van der Waals surface area (Å²) in [6.07, 6.45) is 2.47. The van der Waals surface area contributed by atoms with Crippen molar-refractivity contribution in [1.29, 1.82) is 0 Å². The minimum absolute atomic E-state index is 0.254. The SMILES string of the molecule is CC(N)C1(c2cccc3c2COC3)CC1. The fourth-order valence-corrected chi connectivity index (χ4v) is 2.77. The van der Waals surface area contributed by atoms with E-state index in [2.05, 4.69) is 25.1 Å². The molecule has 15 heavy (non-hydrogen) atoms. The van der Waals surface area contributed by atoms with Crippen molar-refractivity contribution >= 4 is 0 Å². The fourth-order valence-electron chi connectivity index (χ4n) is 2.77. The minimum Gasteiger partial charge on any atom is -0.372 e. The van der Waals surface area contributed by atoms with Crippen LogP contribution in [0.4, 0.5) is 0 Å². The Morgan fingerprint density at radius 3 is 2.80 bits per heavy atom. The summed E-state index contributed by atoms with van der Waals surface area (Å²) in [5.41, 5.74) is 10.6. The summed E-state index contributed by atoms with van der Waals surface area (Å²) < 4.78 is 5.52. The Bertz CT molecular complexity index is 394. The number of nitrogens with two attached hydrogens (primary N) is 1. The Morgan fingerprint density at radius 2 is 2.13 bits per heavy atom. The Kier molecular flexibility index (Phi) is 1.91. The van der Waals surface area contributed by atoms with Crippen molar-refractivity contribution in [3.8, 4) is 0 Å². The van der Waals surface area contributed by atoms with E-state index in [4.69, 9.17) is 10.5 Å². The highest BCUT2D eigenvalue weighted by Crippen LogP contribution is 2.52. The normalized spacial score (nSPS) is 23.6. The predicted molar refractivity (Wildman–Crippen MR) is 59.5 cm³/mol. The molecule has 0 radical (unpaired) electrons. The molecule has 2 heteroatoms. The lowest BCUT2D eigenvalue weighted by atomic mass is 9.85. The van der Waals surface area contributed by atoms with E-state index in [9.17, 15) is 0 Å². The van der Waals surface area contributed by atoms with Crippen molar-refractivity contribution in [3.63, 3.8) is 0 Å².